The van der Waals surface area contributed by atoms with Gasteiger partial charge in [-0.05, 0) is 32.0 Å². The number of aromatic nitrogens is 1. The first-order valence-electron chi connectivity index (χ1n) is 8.15. The van der Waals surface area contributed by atoms with Gasteiger partial charge in [0.05, 0.1) is 21.3 Å². The molecular formula is C20H19NO4S. The number of aromatic amines is 1. The van der Waals surface area contributed by atoms with Gasteiger partial charge in [-0.1, -0.05) is 30.3 Å². The fourth-order valence-electron chi connectivity index (χ4n) is 2.96. The molecule has 0 amide bonds. The molecule has 1 heterocycles. The smallest absolute Gasteiger partial charge is 0.340 e. The highest BCUT2D eigenvalue weighted by Crippen LogP contribution is 2.24. The van der Waals surface area contributed by atoms with E-state index >= 15 is 0 Å². The summed E-state index contributed by atoms with van der Waals surface area (Å²) in [6, 6.07) is 14.0. The summed E-state index contributed by atoms with van der Waals surface area (Å²) in [4.78, 5) is 28.9. The molecule has 0 aliphatic rings. The standard InChI is InChI=1S/C20H19NO4S/c1-12-18(14-8-4-6-10-16(14)21-12)19(22)13(2)25-20(23)15-9-5-7-11-17(15)26(3)24/h4-11,13,21H,1-3H3/t13-,26+/m1/s1. The van der Waals surface area contributed by atoms with Crippen molar-refractivity contribution < 1.29 is 18.5 Å². The Kier molecular flexibility index (Phi) is 5.04. The molecule has 5 nitrogen and oxygen atoms in total. The Labute approximate surface area is 153 Å². The zero-order valence-electron chi connectivity index (χ0n) is 14.7. The minimum absolute atomic E-state index is 0.212. The van der Waals surface area contributed by atoms with E-state index in [9.17, 15) is 13.8 Å². The molecule has 3 rings (SSSR count). The van der Waals surface area contributed by atoms with Crippen LogP contribution in [-0.2, 0) is 15.5 Å². The lowest BCUT2D eigenvalue weighted by Crippen LogP contribution is -2.25. The van der Waals surface area contributed by atoms with E-state index in [0.29, 0.717) is 10.5 Å². The zero-order chi connectivity index (χ0) is 18.8. The number of nitrogens with one attached hydrogen (secondary N) is 1. The van der Waals surface area contributed by atoms with Gasteiger partial charge in [-0.25, -0.2) is 4.79 Å². The van der Waals surface area contributed by atoms with E-state index in [2.05, 4.69) is 4.98 Å². The number of H-pyrrole nitrogens is 1. The third-order valence-corrected chi connectivity index (χ3v) is 5.19. The molecule has 6 heteroatoms. The summed E-state index contributed by atoms with van der Waals surface area (Å²) < 4.78 is 17.2. The minimum Gasteiger partial charge on any atom is -0.451 e. The normalized spacial score (nSPS) is 13.3. The summed E-state index contributed by atoms with van der Waals surface area (Å²) >= 11 is 0. The predicted molar refractivity (Wildman–Crippen MR) is 101 cm³/mol. The lowest BCUT2D eigenvalue weighted by molar-refractivity contribution is 0.0315. The summed E-state index contributed by atoms with van der Waals surface area (Å²) in [6.07, 6.45) is 0.537. The number of hydrogen-bond acceptors (Lipinski definition) is 4. The van der Waals surface area contributed by atoms with Gasteiger partial charge in [0.2, 0.25) is 5.78 Å². The van der Waals surface area contributed by atoms with Gasteiger partial charge < -0.3 is 9.72 Å². The number of ketones is 1. The van der Waals surface area contributed by atoms with Crippen molar-refractivity contribution in [3.05, 3.63) is 65.4 Å². The van der Waals surface area contributed by atoms with Gasteiger partial charge in [0.15, 0.2) is 6.10 Å². The molecule has 3 aromatic rings. The van der Waals surface area contributed by atoms with E-state index in [0.717, 1.165) is 16.6 Å². The average Bonchev–Trinajstić information content (AvgIpc) is 2.96. The summed E-state index contributed by atoms with van der Waals surface area (Å²) in [5.41, 5.74) is 2.32. The maximum Gasteiger partial charge on any atom is 0.340 e. The number of hydrogen-bond donors (Lipinski definition) is 1. The molecule has 0 aliphatic heterocycles. The van der Waals surface area contributed by atoms with E-state index in [1.54, 1.807) is 31.2 Å². The van der Waals surface area contributed by atoms with E-state index in [1.165, 1.54) is 6.26 Å². The number of para-hydroxylation sites is 1. The number of carbonyl (C=O) groups excluding carboxylic acids is 2. The Balaban J connectivity index is 1.87. The van der Waals surface area contributed by atoms with E-state index < -0.39 is 22.9 Å². The Hall–Kier alpha value is -2.73. The highest BCUT2D eigenvalue weighted by atomic mass is 32.2. The zero-order valence-corrected chi connectivity index (χ0v) is 15.6. The lowest BCUT2D eigenvalue weighted by Gasteiger charge is -2.14. The van der Waals surface area contributed by atoms with Gasteiger partial charge in [-0.2, -0.15) is 0 Å². The van der Waals surface area contributed by atoms with Gasteiger partial charge in [-0.3, -0.25) is 9.00 Å². The van der Waals surface area contributed by atoms with Gasteiger partial charge >= 0.3 is 5.97 Å². The number of Topliss-reactive ketones (excluding diaryl/α,β-unsaturated/α-hetero) is 1. The molecule has 1 aromatic heterocycles. The van der Waals surface area contributed by atoms with Crippen LogP contribution in [0.15, 0.2) is 53.4 Å². The van der Waals surface area contributed by atoms with Crippen LogP contribution in [0.2, 0.25) is 0 Å². The number of ether oxygens (including phenoxy) is 1. The van der Waals surface area contributed by atoms with Crippen LogP contribution >= 0.6 is 0 Å². The first kappa shape index (κ1) is 18.1. The molecular weight excluding hydrogens is 350 g/mol. The molecule has 0 spiro atoms. The molecule has 26 heavy (non-hydrogen) atoms. The topological polar surface area (TPSA) is 76.2 Å². The average molecular weight is 369 g/mol. The Morgan fingerprint density at radius 3 is 2.46 bits per heavy atom. The number of rotatable bonds is 5. The fourth-order valence-corrected chi connectivity index (χ4v) is 3.69. The molecule has 0 unspecified atom stereocenters. The molecule has 0 saturated carbocycles. The summed E-state index contributed by atoms with van der Waals surface area (Å²) in [5.74, 6) is -0.933. The maximum atomic E-state index is 12.9. The summed E-state index contributed by atoms with van der Waals surface area (Å²) in [6.45, 7) is 3.37. The van der Waals surface area contributed by atoms with Crippen molar-refractivity contribution in [1.29, 1.82) is 0 Å². The van der Waals surface area contributed by atoms with Crippen molar-refractivity contribution in [3.8, 4) is 0 Å². The van der Waals surface area contributed by atoms with Crippen LogP contribution in [0.3, 0.4) is 0 Å². The van der Waals surface area contributed by atoms with Gasteiger partial charge in [-0.15, -0.1) is 0 Å². The predicted octanol–water partition coefficient (Wildman–Crippen LogP) is 3.64. The maximum absolute atomic E-state index is 12.9. The van der Waals surface area contributed by atoms with E-state index in [4.69, 9.17) is 4.74 Å². The number of esters is 1. The second-order valence-corrected chi connectivity index (χ2v) is 7.38. The fraction of sp³-hybridized carbons (Fsp3) is 0.200. The van der Waals surface area contributed by atoms with Gasteiger partial charge in [0.25, 0.3) is 0 Å². The molecule has 0 aliphatic carbocycles. The van der Waals surface area contributed by atoms with Crippen LogP contribution in [0.4, 0.5) is 0 Å². The van der Waals surface area contributed by atoms with E-state index in [1.807, 2.05) is 31.2 Å². The van der Waals surface area contributed by atoms with Crippen LogP contribution in [0, 0.1) is 6.92 Å². The van der Waals surface area contributed by atoms with Crippen LogP contribution < -0.4 is 0 Å². The van der Waals surface area contributed by atoms with Crippen LogP contribution in [0.5, 0.6) is 0 Å². The highest BCUT2D eigenvalue weighted by Gasteiger charge is 2.26. The molecule has 2 atom stereocenters. The van der Waals surface area contributed by atoms with Crippen molar-refractivity contribution in [2.75, 3.05) is 6.26 Å². The molecule has 134 valence electrons. The van der Waals surface area contributed by atoms with E-state index in [-0.39, 0.29) is 11.3 Å². The van der Waals surface area contributed by atoms with Crippen molar-refractivity contribution >= 4 is 33.5 Å². The van der Waals surface area contributed by atoms with Crippen molar-refractivity contribution in [2.45, 2.75) is 24.8 Å². The molecule has 0 saturated heterocycles. The first-order chi connectivity index (χ1) is 12.4. The molecule has 0 bridgehead atoms. The number of benzene rings is 2. The van der Waals surface area contributed by atoms with Crippen LogP contribution in [0.1, 0.15) is 33.3 Å². The molecule has 0 fully saturated rings. The Bertz CT molecular complexity index is 1020. The lowest BCUT2D eigenvalue weighted by atomic mass is 10.0. The van der Waals surface area contributed by atoms with Crippen LogP contribution in [-0.4, -0.2) is 33.3 Å². The number of fused-ring (bicyclic) bond motifs is 1. The molecule has 1 N–H and O–H groups in total. The highest BCUT2D eigenvalue weighted by molar-refractivity contribution is 7.84. The number of carbonyl (C=O) groups is 2. The largest absolute Gasteiger partial charge is 0.451 e. The molecule has 0 radical (unpaired) electrons. The van der Waals surface area contributed by atoms with Gasteiger partial charge in [0, 0.05) is 28.4 Å². The Morgan fingerprint density at radius 2 is 1.73 bits per heavy atom. The first-order valence-corrected chi connectivity index (χ1v) is 9.71. The Morgan fingerprint density at radius 1 is 1.08 bits per heavy atom. The second-order valence-electron chi connectivity index (χ2n) is 6.03. The van der Waals surface area contributed by atoms with Crippen molar-refractivity contribution in [3.63, 3.8) is 0 Å². The third kappa shape index (κ3) is 3.32. The quantitative estimate of drug-likeness (QED) is 0.550. The SMILES string of the molecule is Cc1[nH]c2ccccc2c1C(=O)[C@@H](C)OC(=O)c1ccccc1[S@](C)=O. The van der Waals surface area contributed by atoms with Gasteiger partial charge in [0.1, 0.15) is 0 Å². The summed E-state index contributed by atoms with van der Waals surface area (Å²) in [5, 5.41) is 0.799. The summed E-state index contributed by atoms with van der Waals surface area (Å²) in [7, 11) is -1.33. The molecule has 2 aromatic carbocycles. The number of aryl methyl sites for hydroxylation is 1. The second kappa shape index (κ2) is 7.25. The monoisotopic (exact) mass is 369 g/mol. The third-order valence-electron chi connectivity index (χ3n) is 4.21. The van der Waals surface area contributed by atoms with Crippen molar-refractivity contribution in [1.82, 2.24) is 4.98 Å². The van der Waals surface area contributed by atoms with Crippen molar-refractivity contribution in [2.24, 2.45) is 0 Å². The minimum atomic E-state index is -1.33. The van der Waals surface area contributed by atoms with Crippen LogP contribution in [0.25, 0.3) is 10.9 Å².